The largest absolute Gasteiger partial charge is 0.394 e. The van der Waals surface area contributed by atoms with E-state index in [9.17, 15) is 77.0 Å². The van der Waals surface area contributed by atoms with Crippen molar-refractivity contribution in [3.8, 4) is 0 Å². The molecule has 52 heteroatoms. The summed E-state index contributed by atoms with van der Waals surface area (Å²) in [5, 5.41) is 105. The van der Waals surface area contributed by atoms with E-state index >= 15 is 4.79 Å². The number of aliphatic hydroxyl groups is 1. The van der Waals surface area contributed by atoms with Crippen LogP contribution in [0, 0.1) is 62.6 Å². The van der Waals surface area contributed by atoms with E-state index in [4.69, 9.17) is 67.2 Å². The fourth-order valence-electron chi connectivity index (χ4n) is 14.9. The highest BCUT2D eigenvalue weighted by molar-refractivity contribution is 6.01. The summed E-state index contributed by atoms with van der Waals surface area (Å²) in [6.45, 7) is 24.6. The number of aromatic nitrogens is 2. The van der Waals surface area contributed by atoms with Crippen molar-refractivity contribution >= 4 is 124 Å². The van der Waals surface area contributed by atoms with Gasteiger partial charge in [0.25, 0.3) is 0 Å². The van der Waals surface area contributed by atoms with Crippen LogP contribution in [-0.2, 0) is 83.1 Å². The Balaban J connectivity index is 3.86. The number of nitrogens with one attached hydrogen (secondary N) is 27. The number of amides is 16. The normalized spacial score (nSPS) is 14.4. The van der Waals surface area contributed by atoms with Crippen LogP contribution in [0.4, 0.5) is 0 Å². The predicted molar refractivity (Wildman–Crippen MR) is 546 cm³/mol. The summed E-state index contributed by atoms with van der Waals surface area (Å²) in [4.78, 5) is 238. The van der Waals surface area contributed by atoms with Crippen LogP contribution >= 0.6 is 0 Å². The zero-order valence-electron chi connectivity index (χ0n) is 86.6. The average Bonchev–Trinajstić information content (AvgIpc) is 1.22. The summed E-state index contributed by atoms with van der Waals surface area (Å²) >= 11 is 0. The molecule has 144 heavy (non-hydrogen) atoms. The van der Waals surface area contributed by atoms with E-state index in [0.717, 1.165) is 0 Å². The highest BCUT2D eigenvalue weighted by Gasteiger charge is 2.40. The third-order valence-corrected chi connectivity index (χ3v) is 22.6. The van der Waals surface area contributed by atoms with E-state index in [2.05, 4.69) is 122 Å². The Morgan fingerprint density at radius 3 is 0.868 bits per heavy atom. The van der Waals surface area contributed by atoms with Gasteiger partial charge in [0.1, 0.15) is 90.6 Å². The van der Waals surface area contributed by atoms with Crippen molar-refractivity contribution in [1.82, 2.24) is 122 Å². The number of hydrogen-bond acceptors (Lipinski definition) is 25. The van der Waals surface area contributed by atoms with Gasteiger partial charge in [0.2, 0.25) is 94.5 Å². The van der Waals surface area contributed by atoms with E-state index in [1.165, 1.54) is 19.4 Å². The molecule has 16 amide bonds. The monoisotopic (exact) mass is 2040 g/mol. The fourth-order valence-corrected chi connectivity index (χ4v) is 14.9. The highest BCUT2D eigenvalue weighted by Crippen LogP contribution is 2.18. The Bertz CT molecular complexity index is 4220. The minimum atomic E-state index is -1.84. The maximum Gasteiger partial charge on any atom is 0.245 e. The molecule has 0 bridgehead atoms. The number of nitrogens with two attached hydrogens (primary N) is 7. The topological polar surface area (TPSA) is 876 Å². The average molecular weight is 2040 g/mol. The van der Waals surface area contributed by atoms with Crippen LogP contribution in [0.3, 0.4) is 0 Å². The molecule has 0 saturated heterocycles. The first-order valence-corrected chi connectivity index (χ1v) is 50.1. The quantitative estimate of drug-likeness (QED) is 0.0164. The van der Waals surface area contributed by atoms with Crippen molar-refractivity contribution in [2.45, 2.75) is 342 Å². The van der Waals surface area contributed by atoms with Crippen molar-refractivity contribution in [3.05, 3.63) is 18.2 Å². The molecule has 0 aliphatic heterocycles. The SMILES string of the molecule is CCCNC(=O)[C@H](CC(C)C)NC(=O)[C@H](CCCNC(=N)N)NC(=O)[C@H](CCCCN)NC(=O)[C@H](CCCNC(=N)N)NC(=O)[C@H](CC(C)C)NC(=O)[C@H](CCCCN)NC(=O)[C@H](CCCNC(=N)N)NC(=O)[C@H](CC(C)C)NC(=O)[C@H](Cc1cnc[nH]1)NC(=O)[C@H](CO)NC(=O)[C@H](C)NC(=O)[C@H](CC(C)C)NC(=O)[C@H](CCCNC(=N)N)NC(=O)[C@@H](NC(=O)[C@H](CCCNC(=N)N)NC(=O)CCC(C)C)C(C)C. The molecule has 52 nitrogen and oxygen atoms in total. The van der Waals surface area contributed by atoms with Crippen LogP contribution in [0.15, 0.2) is 12.5 Å². The molecule has 0 aliphatic carbocycles. The number of aromatic amines is 1. The maximum atomic E-state index is 15.0. The van der Waals surface area contributed by atoms with Crippen molar-refractivity contribution < 1.29 is 81.8 Å². The number of guanidine groups is 5. The smallest absolute Gasteiger partial charge is 0.245 e. The molecule has 0 fully saturated rings. The molecule has 1 aromatic rings. The lowest BCUT2D eigenvalue weighted by Crippen LogP contribution is -2.61. The molecular weight excluding hydrogens is 1870 g/mol. The summed E-state index contributed by atoms with van der Waals surface area (Å²) in [5.74, 6) is -16.6. The Labute approximate surface area is 845 Å². The van der Waals surface area contributed by atoms with Gasteiger partial charge in [-0.1, -0.05) is 90.0 Å². The molecule has 818 valence electrons. The second kappa shape index (κ2) is 71.4. The van der Waals surface area contributed by atoms with E-state index < -0.39 is 210 Å². The first-order valence-electron chi connectivity index (χ1n) is 50.1. The van der Waals surface area contributed by atoms with Gasteiger partial charge in [0.15, 0.2) is 29.8 Å². The number of carbonyl (C=O) groups excluding carboxylic acids is 16. The lowest BCUT2D eigenvalue weighted by Gasteiger charge is -2.29. The Morgan fingerprint density at radius 1 is 0.306 bits per heavy atom. The summed E-state index contributed by atoms with van der Waals surface area (Å²) in [6, 6.07) is -21.2. The van der Waals surface area contributed by atoms with Gasteiger partial charge in [-0.15, -0.1) is 0 Å². The lowest BCUT2D eigenvalue weighted by atomic mass is 9.99. The van der Waals surface area contributed by atoms with Crippen LogP contribution < -0.4 is 152 Å². The highest BCUT2D eigenvalue weighted by atomic mass is 16.3. The van der Waals surface area contributed by atoms with E-state index in [0.29, 0.717) is 38.6 Å². The van der Waals surface area contributed by atoms with Crippen LogP contribution in [0.1, 0.15) is 250 Å². The summed E-state index contributed by atoms with van der Waals surface area (Å²) in [6.07, 6.45) is 5.20. The molecule has 0 unspecified atom stereocenters. The number of H-pyrrole nitrogens is 1. The third-order valence-electron chi connectivity index (χ3n) is 22.6. The van der Waals surface area contributed by atoms with Crippen molar-refractivity contribution in [2.75, 3.05) is 59.0 Å². The predicted octanol–water partition coefficient (Wildman–Crippen LogP) is -5.39. The maximum absolute atomic E-state index is 15.0. The van der Waals surface area contributed by atoms with Gasteiger partial charge in [0, 0.05) is 64.0 Å². The Kier molecular flexibility index (Phi) is 64.0. The number of unbranched alkanes of at least 4 members (excludes halogenated alkanes) is 2. The molecule has 0 saturated carbocycles. The van der Waals surface area contributed by atoms with Crippen molar-refractivity contribution in [1.29, 1.82) is 27.0 Å². The van der Waals surface area contributed by atoms with Crippen LogP contribution in [-0.4, -0.2) is 289 Å². The van der Waals surface area contributed by atoms with Gasteiger partial charge in [-0.05, 0) is 197 Å². The number of carbonyl (C=O) groups is 16. The lowest BCUT2D eigenvalue weighted by molar-refractivity contribution is -0.137. The molecule has 0 radical (unpaired) electrons. The van der Waals surface area contributed by atoms with E-state index in [1.807, 2.05) is 34.6 Å². The second-order valence-corrected chi connectivity index (χ2v) is 38.5. The summed E-state index contributed by atoms with van der Waals surface area (Å²) < 4.78 is 0. The molecule has 0 aliphatic rings. The van der Waals surface area contributed by atoms with Gasteiger partial charge in [-0.3, -0.25) is 104 Å². The number of hydrogen-bond donors (Lipinski definition) is 35. The molecule has 42 N–H and O–H groups in total. The van der Waals surface area contributed by atoms with Gasteiger partial charge >= 0.3 is 0 Å². The second-order valence-electron chi connectivity index (χ2n) is 38.5. The van der Waals surface area contributed by atoms with Gasteiger partial charge in [-0.2, -0.15) is 0 Å². The zero-order valence-corrected chi connectivity index (χ0v) is 86.6. The molecular formula is C92H173N35O17. The van der Waals surface area contributed by atoms with Crippen LogP contribution in [0.5, 0.6) is 0 Å². The molecule has 1 rings (SSSR count). The number of rotatable bonds is 75. The summed E-state index contributed by atoms with van der Waals surface area (Å²) in [7, 11) is 0. The molecule has 1 aromatic heterocycles. The fraction of sp³-hybridized carbons (Fsp3) is 0.739. The minimum Gasteiger partial charge on any atom is -0.394 e. The number of nitrogens with zero attached hydrogens (tertiary/aromatic N) is 1. The molecule has 0 spiro atoms. The van der Waals surface area contributed by atoms with E-state index in [-0.39, 0.29) is 221 Å². The minimum absolute atomic E-state index is 0.00170. The van der Waals surface area contributed by atoms with E-state index in [1.54, 1.807) is 55.4 Å². The van der Waals surface area contributed by atoms with Gasteiger partial charge < -0.3 is 162 Å². The van der Waals surface area contributed by atoms with Crippen molar-refractivity contribution in [3.63, 3.8) is 0 Å². The van der Waals surface area contributed by atoms with Crippen LogP contribution in [0.2, 0.25) is 0 Å². The Hall–Kier alpha value is -13.0. The third kappa shape index (κ3) is 56.1. The number of aliphatic hydroxyl groups excluding tert-OH is 1. The van der Waals surface area contributed by atoms with Crippen LogP contribution in [0.25, 0.3) is 0 Å². The first kappa shape index (κ1) is 129. The molecule has 15 atom stereocenters. The van der Waals surface area contributed by atoms with Gasteiger partial charge in [0.05, 0.1) is 12.9 Å². The standard InChI is InChI=1S/C92H173N35O17/c1-15-36-106-74(131)65(42-51(4)5)121-79(136)63(30-23-40-110-91(101)102)117-75(132)59(25-16-18-34-93)115-76(133)61(28-21-38-108-89(97)98)118-83(140)67(44-53(8)9)123-78(135)60(26-17-19-35-94)116-77(134)62(29-22-39-109-90(99)100)119-84(141)68(45-54(10)11)124-85(142)69(46-57-47-105-49-112-57)125-86(143)70(48-128)126-73(130)56(14)113-82(139)66(43-52(6)7)122-80(137)64(31-24-41-111-92(103)104)120-87(144)72(55(12)13)127-81(138)58(27-20-37-107-88(95)96)114-71(129)33-32-50(2)3/h47,49-56,58-70,72,128H,15-46,48,93-94H2,1-14H3,(H,105,112)(H,106,131)(H,113,139)(H,114,129)(H,115,133)(H,116,134)(H,117,132)(H,118,140)(H,119,141)(H,120,144)(H,121,136)(H,122,137)(H,123,135)(H,124,142)(H,125,143)(H,126,130)(H,127,138)(H4,95,96,107)(H4,97,98,108)(H4,99,100,109)(H4,101,102,110)(H4,103,104,111)/t56-,58-,59-,60-,61-,62-,63-,64-,65-,66-,67-,68-,69-,70-,72-/m0/s1. The Morgan fingerprint density at radius 2 is 0.576 bits per heavy atom. The first-order chi connectivity index (χ1) is 67.9. The van der Waals surface area contributed by atoms with Gasteiger partial charge in [-0.25, -0.2) is 4.98 Å². The number of imidazole rings is 1. The summed E-state index contributed by atoms with van der Waals surface area (Å²) in [5.41, 5.74) is 39.9. The molecule has 1 heterocycles. The van der Waals surface area contributed by atoms with Crippen molar-refractivity contribution in [2.24, 2.45) is 75.6 Å². The molecule has 0 aromatic carbocycles. The zero-order chi connectivity index (χ0) is 109.